The molecule has 9 heteroatoms. The van der Waals surface area contributed by atoms with E-state index in [-0.39, 0.29) is 35.8 Å². The predicted octanol–water partition coefficient (Wildman–Crippen LogP) is 1.23. The van der Waals surface area contributed by atoms with Gasteiger partial charge in [0.1, 0.15) is 0 Å². The van der Waals surface area contributed by atoms with E-state index in [9.17, 15) is 23.3 Å². The lowest BCUT2D eigenvalue weighted by Gasteiger charge is -2.27. The van der Waals surface area contributed by atoms with Gasteiger partial charge in [-0.05, 0) is 22.0 Å². The van der Waals surface area contributed by atoms with E-state index in [1.54, 1.807) is 0 Å². The Balaban J connectivity index is 2.25. The van der Waals surface area contributed by atoms with E-state index in [4.69, 9.17) is 0 Å². The van der Waals surface area contributed by atoms with E-state index in [0.717, 1.165) is 0 Å². The summed E-state index contributed by atoms with van der Waals surface area (Å²) in [7, 11) is -3.08. The fourth-order valence-corrected chi connectivity index (χ4v) is 3.49. The highest BCUT2D eigenvalue weighted by atomic mass is 79.9. The van der Waals surface area contributed by atoms with Gasteiger partial charge in [-0.1, -0.05) is 0 Å². The van der Waals surface area contributed by atoms with Crippen LogP contribution in [0.2, 0.25) is 0 Å². The summed E-state index contributed by atoms with van der Waals surface area (Å²) in [4.78, 5) is 23.8. The molecular weight excluding hydrogens is 352 g/mol. The summed E-state index contributed by atoms with van der Waals surface area (Å²) in [6, 6.07) is 3.92. The first-order valence-electron chi connectivity index (χ1n) is 5.74. The van der Waals surface area contributed by atoms with Crippen molar-refractivity contribution in [2.24, 2.45) is 0 Å². The van der Waals surface area contributed by atoms with Crippen LogP contribution in [0.15, 0.2) is 22.7 Å². The molecule has 1 saturated heterocycles. The molecule has 0 aromatic heterocycles. The van der Waals surface area contributed by atoms with Crippen LogP contribution in [0.4, 0.5) is 5.69 Å². The van der Waals surface area contributed by atoms with Crippen molar-refractivity contribution in [2.75, 3.05) is 24.6 Å². The van der Waals surface area contributed by atoms with Gasteiger partial charge < -0.3 is 4.90 Å². The highest BCUT2D eigenvalue weighted by Gasteiger charge is 2.27. The summed E-state index contributed by atoms with van der Waals surface area (Å²) < 4.78 is 23.1. The molecule has 1 aromatic carbocycles. The van der Waals surface area contributed by atoms with Crippen molar-refractivity contribution in [3.63, 3.8) is 0 Å². The Morgan fingerprint density at radius 1 is 1.30 bits per heavy atom. The zero-order valence-corrected chi connectivity index (χ0v) is 12.7. The van der Waals surface area contributed by atoms with E-state index < -0.39 is 20.7 Å². The number of amides is 1. The van der Waals surface area contributed by atoms with Gasteiger partial charge in [-0.2, -0.15) is 0 Å². The van der Waals surface area contributed by atoms with E-state index in [1.165, 1.54) is 23.1 Å². The third-order valence-corrected chi connectivity index (χ3v) is 5.32. The number of nitro benzene ring substituents is 1. The molecule has 1 aliphatic rings. The molecule has 0 spiro atoms. The van der Waals surface area contributed by atoms with E-state index in [1.807, 2.05) is 0 Å². The molecule has 1 amide bonds. The molecule has 0 radical (unpaired) electrons. The number of benzene rings is 1. The van der Waals surface area contributed by atoms with Gasteiger partial charge in [-0.3, -0.25) is 14.9 Å². The topological polar surface area (TPSA) is 97.6 Å². The normalized spacial score (nSPS) is 17.8. The molecule has 1 heterocycles. The van der Waals surface area contributed by atoms with Crippen molar-refractivity contribution in [3.05, 3.63) is 38.3 Å². The monoisotopic (exact) mass is 362 g/mol. The van der Waals surface area contributed by atoms with Crippen molar-refractivity contribution < 1.29 is 18.1 Å². The van der Waals surface area contributed by atoms with Gasteiger partial charge >= 0.3 is 0 Å². The summed E-state index contributed by atoms with van der Waals surface area (Å²) in [5.74, 6) is -0.563. The van der Waals surface area contributed by atoms with E-state index >= 15 is 0 Å². The molecule has 0 bridgehead atoms. The average Bonchev–Trinajstić information content (AvgIpc) is 2.38. The maximum atomic E-state index is 12.3. The quantitative estimate of drug-likeness (QED) is 0.582. The lowest BCUT2D eigenvalue weighted by molar-refractivity contribution is -0.384. The number of sulfone groups is 1. The molecule has 2 rings (SSSR count). The third kappa shape index (κ3) is 3.15. The molecule has 0 unspecified atom stereocenters. The van der Waals surface area contributed by atoms with Crippen LogP contribution in [0.5, 0.6) is 0 Å². The third-order valence-electron chi connectivity index (χ3n) is 3.02. The molecule has 0 saturated carbocycles. The SMILES string of the molecule is O=C(c1cc([N+](=O)[O-])ccc1Br)N1CCS(=O)(=O)CC1. The lowest BCUT2D eigenvalue weighted by atomic mass is 10.1. The van der Waals surface area contributed by atoms with Crippen LogP contribution in [0.3, 0.4) is 0 Å². The minimum absolute atomic E-state index is 0.0781. The maximum Gasteiger partial charge on any atom is 0.270 e. The van der Waals surface area contributed by atoms with Crippen molar-refractivity contribution in [3.8, 4) is 0 Å². The minimum atomic E-state index is -3.08. The smallest absolute Gasteiger partial charge is 0.270 e. The first kappa shape index (κ1) is 14.9. The molecule has 0 aliphatic carbocycles. The van der Waals surface area contributed by atoms with Gasteiger partial charge in [-0.25, -0.2) is 8.42 Å². The van der Waals surface area contributed by atoms with Gasteiger partial charge in [0.15, 0.2) is 9.84 Å². The summed E-state index contributed by atoms with van der Waals surface area (Å²) in [5, 5.41) is 10.7. The second-order valence-electron chi connectivity index (χ2n) is 4.37. The van der Waals surface area contributed by atoms with Crippen LogP contribution in [0, 0.1) is 10.1 Å². The van der Waals surface area contributed by atoms with Crippen LogP contribution < -0.4 is 0 Å². The summed E-state index contributed by atoms with van der Waals surface area (Å²) in [5.41, 5.74) is -0.0142. The first-order valence-corrected chi connectivity index (χ1v) is 8.35. The summed E-state index contributed by atoms with van der Waals surface area (Å²) in [6.45, 7) is 0.215. The number of carbonyl (C=O) groups excluding carboxylic acids is 1. The Morgan fingerprint density at radius 2 is 1.90 bits per heavy atom. The number of nitro groups is 1. The van der Waals surface area contributed by atoms with Crippen molar-refractivity contribution in [1.82, 2.24) is 4.90 Å². The number of non-ortho nitro benzene ring substituents is 1. The second-order valence-corrected chi connectivity index (χ2v) is 7.52. The fraction of sp³-hybridized carbons (Fsp3) is 0.364. The molecule has 0 N–H and O–H groups in total. The first-order chi connectivity index (χ1) is 9.30. The largest absolute Gasteiger partial charge is 0.337 e. The zero-order valence-electron chi connectivity index (χ0n) is 10.3. The Morgan fingerprint density at radius 3 is 2.45 bits per heavy atom. The molecule has 108 valence electrons. The Hall–Kier alpha value is -1.48. The molecule has 1 fully saturated rings. The van der Waals surface area contributed by atoms with Crippen LogP contribution in [0.1, 0.15) is 10.4 Å². The van der Waals surface area contributed by atoms with Gasteiger partial charge in [0.2, 0.25) is 0 Å². The summed E-state index contributed by atoms with van der Waals surface area (Å²) >= 11 is 3.18. The van der Waals surface area contributed by atoms with Crippen LogP contribution in [-0.2, 0) is 9.84 Å². The van der Waals surface area contributed by atoms with Crippen molar-refractivity contribution >= 4 is 37.4 Å². The average molecular weight is 363 g/mol. The van der Waals surface area contributed by atoms with E-state index in [2.05, 4.69) is 15.9 Å². The van der Waals surface area contributed by atoms with Crippen molar-refractivity contribution in [1.29, 1.82) is 0 Å². The second kappa shape index (κ2) is 5.49. The van der Waals surface area contributed by atoms with Gasteiger partial charge in [0, 0.05) is 29.7 Å². The Bertz CT molecular complexity index is 659. The van der Waals surface area contributed by atoms with E-state index in [0.29, 0.717) is 4.47 Å². The van der Waals surface area contributed by atoms with Crippen molar-refractivity contribution in [2.45, 2.75) is 0 Å². The number of carbonyl (C=O) groups is 1. The maximum absolute atomic E-state index is 12.3. The zero-order chi connectivity index (χ0) is 14.9. The minimum Gasteiger partial charge on any atom is -0.337 e. The molecular formula is C11H11BrN2O5S. The Kier molecular flexibility index (Phi) is 4.09. The van der Waals surface area contributed by atoms with Gasteiger partial charge in [0.25, 0.3) is 11.6 Å². The van der Waals surface area contributed by atoms with Crippen LogP contribution in [-0.4, -0.2) is 48.7 Å². The fourth-order valence-electron chi connectivity index (χ4n) is 1.88. The number of nitrogens with zero attached hydrogens (tertiary/aromatic N) is 2. The molecule has 7 nitrogen and oxygen atoms in total. The van der Waals surface area contributed by atoms with Crippen LogP contribution >= 0.6 is 15.9 Å². The highest BCUT2D eigenvalue weighted by Crippen LogP contribution is 2.24. The van der Waals surface area contributed by atoms with Gasteiger partial charge in [0.05, 0.1) is 22.0 Å². The van der Waals surface area contributed by atoms with Gasteiger partial charge in [-0.15, -0.1) is 0 Å². The molecule has 1 aromatic rings. The standard InChI is InChI=1S/C11H11BrN2O5S/c12-10-2-1-8(14(16)17)7-9(10)11(15)13-3-5-20(18,19)6-4-13/h1-2,7H,3-6H2. The number of rotatable bonds is 2. The number of hydrogen-bond acceptors (Lipinski definition) is 5. The highest BCUT2D eigenvalue weighted by molar-refractivity contribution is 9.10. The Labute approximate surface area is 123 Å². The molecule has 0 atom stereocenters. The molecule has 20 heavy (non-hydrogen) atoms. The number of halogens is 1. The predicted molar refractivity (Wildman–Crippen MR) is 75.4 cm³/mol. The number of hydrogen-bond donors (Lipinski definition) is 0. The van der Waals surface area contributed by atoms with Crippen LogP contribution in [0.25, 0.3) is 0 Å². The summed E-state index contributed by atoms with van der Waals surface area (Å²) in [6.07, 6.45) is 0. The molecule has 1 aliphatic heterocycles. The lowest BCUT2D eigenvalue weighted by Crippen LogP contribution is -2.43.